The minimum atomic E-state index is -0.453. The molecule has 7 rings (SSSR count). The number of para-hydroxylation sites is 1. The lowest BCUT2D eigenvalue weighted by molar-refractivity contribution is 0.0601. The second-order valence-electron chi connectivity index (χ2n) is 9.68. The lowest BCUT2D eigenvalue weighted by atomic mass is 9.74. The summed E-state index contributed by atoms with van der Waals surface area (Å²) in [7, 11) is 1.37. The molecule has 10 nitrogen and oxygen atoms in total. The van der Waals surface area contributed by atoms with Gasteiger partial charge in [-0.2, -0.15) is 0 Å². The Labute approximate surface area is 212 Å². The monoisotopic (exact) mass is 492 g/mol. The summed E-state index contributed by atoms with van der Waals surface area (Å²) in [6, 6.07) is 15.4. The summed E-state index contributed by atoms with van der Waals surface area (Å²) >= 11 is 0. The summed E-state index contributed by atoms with van der Waals surface area (Å²) < 4.78 is 6.78. The van der Waals surface area contributed by atoms with Gasteiger partial charge in [0, 0.05) is 48.7 Å². The van der Waals surface area contributed by atoms with E-state index < -0.39 is 5.97 Å². The molecule has 0 saturated carbocycles. The van der Waals surface area contributed by atoms with E-state index in [1.807, 2.05) is 42.6 Å². The van der Waals surface area contributed by atoms with Crippen LogP contribution in [0.3, 0.4) is 0 Å². The fourth-order valence-corrected chi connectivity index (χ4v) is 5.26. The standard InChI is InChI=1S/C27H24N8O2/c1-37-25(36)21-10-19-12-31-26(32-22-8-7-18(11-30-22)34-15-27(16-34)13-28-14-27)33-35(19)24(21)20-6-2-4-17-5-3-9-29-23(17)20/h2-12,28H,13-16H2,1H3,(H,30,32,33). The number of aromatic nitrogens is 5. The maximum absolute atomic E-state index is 12.7. The molecule has 6 heterocycles. The number of nitrogens with one attached hydrogen (secondary N) is 2. The van der Waals surface area contributed by atoms with Gasteiger partial charge in [-0.15, -0.1) is 5.10 Å². The third-order valence-corrected chi connectivity index (χ3v) is 7.22. The van der Waals surface area contributed by atoms with Crippen LogP contribution in [0.2, 0.25) is 0 Å². The Hall–Kier alpha value is -4.57. The summed E-state index contributed by atoms with van der Waals surface area (Å²) in [6.07, 6.45) is 5.28. The molecular formula is C27H24N8O2. The molecule has 2 saturated heterocycles. The van der Waals surface area contributed by atoms with E-state index in [2.05, 4.69) is 36.6 Å². The average molecular weight is 493 g/mol. The molecule has 2 aliphatic heterocycles. The van der Waals surface area contributed by atoms with E-state index in [-0.39, 0.29) is 0 Å². The van der Waals surface area contributed by atoms with Crippen molar-refractivity contribution in [2.75, 3.05) is 43.5 Å². The SMILES string of the molecule is COC(=O)c1cc2cnc(Nc3ccc(N4CC5(CNC5)C4)cn3)nn2c1-c1cccc2cccnc12. The van der Waals surface area contributed by atoms with Gasteiger partial charge < -0.3 is 20.3 Å². The molecule has 2 fully saturated rings. The highest BCUT2D eigenvalue weighted by molar-refractivity contribution is 6.03. The van der Waals surface area contributed by atoms with Gasteiger partial charge in [0.1, 0.15) is 5.82 Å². The fraction of sp³-hybridized carbons (Fsp3) is 0.222. The smallest absolute Gasteiger partial charge is 0.340 e. The number of hydrogen-bond acceptors (Lipinski definition) is 9. The minimum absolute atomic E-state index is 0.359. The molecule has 1 aromatic carbocycles. The van der Waals surface area contributed by atoms with Gasteiger partial charge in [0.05, 0.1) is 47.5 Å². The molecule has 184 valence electrons. The Bertz CT molecular complexity index is 1650. The van der Waals surface area contributed by atoms with Crippen molar-refractivity contribution in [2.24, 2.45) is 5.41 Å². The summed E-state index contributed by atoms with van der Waals surface area (Å²) in [4.78, 5) is 28.7. The Morgan fingerprint density at radius 1 is 1.05 bits per heavy atom. The van der Waals surface area contributed by atoms with Crippen molar-refractivity contribution >= 4 is 39.8 Å². The molecule has 2 N–H and O–H groups in total. The zero-order chi connectivity index (χ0) is 25.0. The lowest BCUT2D eigenvalue weighted by Crippen LogP contribution is -2.71. The maximum Gasteiger partial charge on any atom is 0.340 e. The Morgan fingerprint density at radius 2 is 1.92 bits per heavy atom. The average Bonchev–Trinajstić information content (AvgIpc) is 3.26. The first kappa shape index (κ1) is 21.7. The molecule has 1 spiro atoms. The van der Waals surface area contributed by atoms with Crippen molar-refractivity contribution in [3.63, 3.8) is 0 Å². The highest BCUT2D eigenvalue weighted by Gasteiger charge is 2.47. The quantitative estimate of drug-likeness (QED) is 0.357. The molecule has 0 radical (unpaired) electrons. The maximum atomic E-state index is 12.7. The van der Waals surface area contributed by atoms with E-state index >= 15 is 0 Å². The van der Waals surface area contributed by atoms with Crippen LogP contribution < -0.4 is 15.5 Å². The molecule has 0 aliphatic carbocycles. The molecule has 0 amide bonds. The van der Waals surface area contributed by atoms with E-state index in [0.717, 1.165) is 48.3 Å². The number of fused-ring (bicyclic) bond motifs is 2. The Kier molecular flexibility index (Phi) is 4.83. The van der Waals surface area contributed by atoms with Crippen molar-refractivity contribution in [3.05, 3.63) is 72.7 Å². The second-order valence-corrected chi connectivity index (χ2v) is 9.68. The topological polar surface area (TPSA) is 110 Å². The predicted molar refractivity (Wildman–Crippen MR) is 140 cm³/mol. The molecular weight excluding hydrogens is 468 g/mol. The number of benzene rings is 1. The van der Waals surface area contributed by atoms with E-state index in [1.165, 1.54) is 7.11 Å². The summed E-state index contributed by atoms with van der Waals surface area (Å²) in [5, 5.41) is 12.2. The van der Waals surface area contributed by atoms with Gasteiger partial charge in [-0.3, -0.25) is 4.98 Å². The third-order valence-electron chi connectivity index (χ3n) is 7.22. The second kappa shape index (κ2) is 8.24. The lowest BCUT2D eigenvalue weighted by Gasteiger charge is -2.57. The first-order chi connectivity index (χ1) is 18.1. The first-order valence-electron chi connectivity index (χ1n) is 12.1. The van der Waals surface area contributed by atoms with E-state index in [1.54, 1.807) is 23.0 Å². The van der Waals surface area contributed by atoms with Crippen LogP contribution in [-0.4, -0.2) is 63.8 Å². The Morgan fingerprint density at radius 3 is 2.68 bits per heavy atom. The summed E-state index contributed by atoms with van der Waals surface area (Å²) in [5.41, 5.74) is 4.76. The van der Waals surface area contributed by atoms with Gasteiger partial charge in [0.2, 0.25) is 5.95 Å². The molecule has 4 aromatic heterocycles. The highest BCUT2D eigenvalue weighted by Crippen LogP contribution is 2.37. The number of esters is 1. The number of hydrogen-bond donors (Lipinski definition) is 2. The number of methoxy groups -OCH3 is 1. The molecule has 10 heteroatoms. The van der Waals surface area contributed by atoms with E-state index in [4.69, 9.17) is 9.84 Å². The number of pyridine rings is 2. The third kappa shape index (κ3) is 3.56. The molecule has 0 atom stereocenters. The van der Waals surface area contributed by atoms with Crippen LogP contribution in [0.4, 0.5) is 17.5 Å². The largest absolute Gasteiger partial charge is 0.465 e. The molecule has 5 aromatic rings. The van der Waals surface area contributed by atoms with Crippen LogP contribution in [0.1, 0.15) is 10.4 Å². The predicted octanol–water partition coefficient (Wildman–Crippen LogP) is 3.28. The van der Waals surface area contributed by atoms with Crippen molar-refractivity contribution in [1.29, 1.82) is 0 Å². The number of nitrogens with zero attached hydrogens (tertiary/aromatic N) is 6. The van der Waals surface area contributed by atoms with Crippen LogP contribution in [-0.2, 0) is 4.74 Å². The number of rotatable bonds is 5. The molecule has 37 heavy (non-hydrogen) atoms. The van der Waals surface area contributed by atoms with Crippen molar-refractivity contribution in [3.8, 4) is 11.3 Å². The van der Waals surface area contributed by atoms with Crippen LogP contribution in [0, 0.1) is 5.41 Å². The van der Waals surface area contributed by atoms with Gasteiger partial charge in [-0.1, -0.05) is 24.3 Å². The molecule has 2 aliphatic rings. The van der Waals surface area contributed by atoms with Crippen LogP contribution in [0.15, 0.2) is 67.1 Å². The molecule has 0 unspecified atom stereocenters. The zero-order valence-electron chi connectivity index (χ0n) is 20.2. The number of anilines is 3. The van der Waals surface area contributed by atoms with Gasteiger partial charge in [0.25, 0.3) is 0 Å². The van der Waals surface area contributed by atoms with E-state index in [9.17, 15) is 4.79 Å². The Balaban J connectivity index is 1.24. The van der Waals surface area contributed by atoms with Gasteiger partial charge in [0.15, 0.2) is 0 Å². The molecule has 0 bridgehead atoms. The first-order valence-corrected chi connectivity index (χ1v) is 12.1. The van der Waals surface area contributed by atoms with Crippen LogP contribution >= 0.6 is 0 Å². The normalized spacial score (nSPS) is 16.0. The van der Waals surface area contributed by atoms with Crippen LogP contribution in [0.5, 0.6) is 0 Å². The minimum Gasteiger partial charge on any atom is -0.465 e. The number of carbonyl (C=O) groups is 1. The number of ether oxygens (including phenoxy) is 1. The van der Waals surface area contributed by atoms with Crippen molar-refractivity contribution < 1.29 is 9.53 Å². The van der Waals surface area contributed by atoms with Gasteiger partial charge >= 0.3 is 5.97 Å². The fourth-order valence-electron chi connectivity index (χ4n) is 5.26. The summed E-state index contributed by atoms with van der Waals surface area (Å²) in [5.74, 6) is 0.542. The van der Waals surface area contributed by atoms with Gasteiger partial charge in [-0.05, 0) is 24.3 Å². The summed E-state index contributed by atoms with van der Waals surface area (Å²) in [6.45, 7) is 4.33. The van der Waals surface area contributed by atoms with Crippen molar-refractivity contribution in [2.45, 2.75) is 0 Å². The van der Waals surface area contributed by atoms with Gasteiger partial charge in [-0.25, -0.2) is 19.3 Å². The van der Waals surface area contributed by atoms with E-state index in [0.29, 0.717) is 34.0 Å². The highest BCUT2D eigenvalue weighted by atomic mass is 16.5. The zero-order valence-corrected chi connectivity index (χ0v) is 20.2. The van der Waals surface area contributed by atoms with Crippen molar-refractivity contribution in [1.82, 2.24) is 29.9 Å². The number of carbonyl (C=O) groups excluding carboxylic acids is 1. The van der Waals surface area contributed by atoms with Crippen LogP contribution in [0.25, 0.3) is 27.7 Å².